The van der Waals surface area contributed by atoms with Gasteiger partial charge in [-0.3, -0.25) is 4.79 Å². The molecule has 1 aliphatic heterocycles. The Bertz CT molecular complexity index is 1040. The Labute approximate surface area is 173 Å². The van der Waals surface area contributed by atoms with Gasteiger partial charge in [-0.05, 0) is 69.0 Å². The summed E-state index contributed by atoms with van der Waals surface area (Å²) >= 11 is 0. The van der Waals surface area contributed by atoms with E-state index in [-0.39, 0.29) is 18.0 Å². The monoisotopic (exact) mass is 384 g/mol. The van der Waals surface area contributed by atoms with Crippen molar-refractivity contribution in [2.24, 2.45) is 0 Å². The molecular formula is C26H28N2O. The Hall–Kier alpha value is -3.07. The molecule has 4 rings (SSSR count). The molecule has 3 aromatic carbocycles. The summed E-state index contributed by atoms with van der Waals surface area (Å²) in [6, 6.07) is 22.8. The standard InChI is InChI=1S/C26H28N2O/c1-17-12-14-21(15-13-17)26(29)28-20(4)16-24(22-10-7-9-19(3)25(22)28)27-23-11-6-5-8-18(23)2/h5-15,20,24,27H,16H2,1-4H3/t20-,24-/m1/s1. The lowest BCUT2D eigenvalue weighted by Crippen LogP contribution is -2.44. The summed E-state index contributed by atoms with van der Waals surface area (Å²) in [7, 11) is 0. The first-order valence-corrected chi connectivity index (χ1v) is 10.3. The summed E-state index contributed by atoms with van der Waals surface area (Å²) in [6.07, 6.45) is 0.863. The maximum Gasteiger partial charge on any atom is 0.258 e. The molecule has 1 aliphatic rings. The zero-order chi connectivity index (χ0) is 20.5. The highest BCUT2D eigenvalue weighted by Crippen LogP contribution is 2.41. The van der Waals surface area contributed by atoms with Crippen molar-refractivity contribution in [3.63, 3.8) is 0 Å². The zero-order valence-electron chi connectivity index (χ0n) is 17.6. The number of para-hydroxylation sites is 2. The van der Waals surface area contributed by atoms with Crippen LogP contribution in [0.4, 0.5) is 11.4 Å². The van der Waals surface area contributed by atoms with Crippen LogP contribution < -0.4 is 10.2 Å². The van der Waals surface area contributed by atoms with Crippen LogP contribution in [0.2, 0.25) is 0 Å². The lowest BCUT2D eigenvalue weighted by molar-refractivity contribution is 0.0974. The van der Waals surface area contributed by atoms with E-state index in [0.717, 1.165) is 34.5 Å². The minimum Gasteiger partial charge on any atom is -0.378 e. The van der Waals surface area contributed by atoms with E-state index in [1.54, 1.807) is 0 Å². The fraction of sp³-hybridized carbons (Fsp3) is 0.269. The summed E-state index contributed by atoms with van der Waals surface area (Å²) in [5, 5.41) is 3.73. The molecular weight excluding hydrogens is 356 g/mol. The van der Waals surface area contributed by atoms with Crippen molar-refractivity contribution in [1.82, 2.24) is 0 Å². The molecule has 0 bridgehead atoms. The van der Waals surface area contributed by atoms with Crippen molar-refractivity contribution in [2.45, 2.75) is 46.2 Å². The van der Waals surface area contributed by atoms with E-state index in [2.05, 4.69) is 68.6 Å². The smallest absolute Gasteiger partial charge is 0.258 e. The largest absolute Gasteiger partial charge is 0.378 e. The number of rotatable bonds is 3. The van der Waals surface area contributed by atoms with Crippen molar-refractivity contribution in [3.8, 4) is 0 Å². The summed E-state index contributed by atoms with van der Waals surface area (Å²) < 4.78 is 0. The average Bonchev–Trinajstić information content (AvgIpc) is 2.70. The first kappa shape index (κ1) is 19.3. The molecule has 2 atom stereocenters. The predicted molar refractivity (Wildman–Crippen MR) is 121 cm³/mol. The van der Waals surface area contributed by atoms with Gasteiger partial charge in [-0.15, -0.1) is 0 Å². The molecule has 0 saturated carbocycles. The number of benzene rings is 3. The molecule has 148 valence electrons. The van der Waals surface area contributed by atoms with Gasteiger partial charge in [0.25, 0.3) is 5.91 Å². The van der Waals surface area contributed by atoms with Crippen LogP contribution in [0.1, 0.15) is 52.0 Å². The molecule has 0 radical (unpaired) electrons. The molecule has 0 aliphatic carbocycles. The molecule has 29 heavy (non-hydrogen) atoms. The van der Waals surface area contributed by atoms with Gasteiger partial charge in [-0.25, -0.2) is 0 Å². The lowest BCUT2D eigenvalue weighted by atomic mass is 9.88. The molecule has 0 aromatic heterocycles. The number of amides is 1. The van der Waals surface area contributed by atoms with Gasteiger partial charge >= 0.3 is 0 Å². The average molecular weight is 385 g/mol. The van der Waals surface area contributed by atoms with E-state index in [1.165, 1.54) is 11.1 Å². The van der Waals surface area contributed by atoms with Crippen LogP contribution >= 0.6 is 0 Å². The highest BCUT2D eigenvalue weighted by Gasteiger charge is 2.35. The third kappa shape index (κ3) is 3.65. The van der Waals surface area contributed by atoms with Gasteiger partial charge in [-0.2, -0.15) is 0 Å². The molecule has 3 nitrogen and oxygen atoms in total. The van der Waals surface area contributed by atoms with E-state index in [0.29, 0.717) is 0 Å². The number of hydrogen-bond donors (Lipinski definition) is 1. The Balaban J connectivity index is 1.74. The van der Waals surface area contributed by atoms with Crippen LogP contribution in [0.3, 0.4) is 0 Å². The van der Waals surface area contributed by atoms with Gasteiger partial charge in [0, 0.05) is 17.3 Å². The van der Waals surface area contributed by atoms with Crippen molar-refractivity contribution in [1.29, 1.82) is 0 Å². The molecule has 1 heterocycles. The Morgan fingerprint density at radius 1 is 0.897 bits per heavy atom. The molecule has 0 unspecified atom stereocenters. The van der Waals surface area contributed by atoms with Crippen LogP contribution in [0.5, 0.6) is 0 Å². The number of aryl methyl sites for hydroxylation is 3. The van der Waals surface area contributed by atoms with E-state index < -0.39 is 0 Å². The molecule has 1 amide bonds. The summed E-state index contributed by atoms with van der Waals surface area (Å²) in [4.78, 5) is 15.5. The van der Waals surface area contributed by atoms with Crippen LogP contribution in [-0.4, -0.2) is 11.9 Å². The van der Waals surface area contributed by atoms with Gasteiger partial charge in [0.05, 0.1) is 11.7 Å². The zero-order valence-corrected chi connectivity index (χ0v) is 17.6. The van der Waals surface area contributed by atoms with Gasteiger partial charge in [0.2, 0.25) is 0 Å². The third-order valence-corrected chi connectivity index (χ3v) is 5.89. The number of carbonyl (C=O) groups is 1. The molecule has 1 N–H and O–H groups in total. The molecule has 0 spiro atoms. The second kappa shape index (κ2) is 7.75. The number of nitrogens with zero attached hydrogens (tertiary/aromatic N) is 1. The van der Waals surface area contributed by atoms with Gasteiger partial charge in [0.15, 0.2) is 0 Å². The van der Waals surface area contributed by atoms with E-state index in [9.17, 15) is 4.79 Å². The second-order valence-corrected chi connectivity index (χ2v) is 8.15. The third-order valence-electron chi connectivity index (χ3n) is 5.89. The minimum atomic E-state index is 0.0717. The first-order valence-electron chi connectivity index (χ1n) is 10.3. The van der Waals surface area contributed by atoms with Gasteiger partial charge in [0.1, 0.15) is 0 Å². The molecule has 3 aromatic rings. The predicted octanol–water partition coefficient (Wildman–Crippen LogP) is 6.20. The van der Waals surface area contributed by atoms with Gasteiger partial charge < -0.3 is 10.2 Å². The quantitative estimate of drug-likeness (QED) is 0.583. The van der Waals surface area contributed by atoms with Crippen LogP contribution in [0.25, 0.3) is 0 Å². The van der Waals surface area contributed by atoms with Crippen molar-refractivity contribution < 1.29 is 4.79 Å². The molecule has 3 heteroatoms. The number of carbonyl (C=O) groups excluding carboxylic acids is 1. The maximum absolute atomic E-state index is 13.5. The van der Waals surface area contributed by atoms with Crippen LogP contribution in [0.15, 0.2) is 66.7 Å². The Morgan fingerprint density at radius 2 is 1.59 bits per heavy atom. The molecule has 0 saturated heterocycles. The topological polar surface area (TPSA) is 32.3 Å². The minimum absolute atomic E-state index is 0.0717. The van der Waals surface area contributed by atoms with Gasteiger partial charge in [-0.1, -0.05) is 54.1 Å². The number of anilines is 2. The summed E-state index contributed by atoms with van der Waals surface area (Å²) in [5.74, 6) is 0.0717. The van der Waals surface area contributed by atoms with E-state index in [1.807, 2.05) is 36.1 Å². The van der Waals surface area contributed by atoms with E-state index in [4.69, 9.17) is 0 Å². The number of nitrogens with one attached hydrogen (secondary N) is 1. The fourth-order valence-corrected chi connectivity index (χ4v) is 4.28. The number of fused-ring (bicyclic) bond motifs is 1. The van der Waals surface area contributed by atoms with E-state index >= 15 is 0 Å². The second-order valence-electron chi connectivity index (χ2n) is 8.15. The van der Waals surface area contributed by atoms with Crippen LogP contribution in [-0.2, 0) is 0 Å². The van der Waals surface area contributed by atoms with Crippen molar-refractivity contribution in [2.75, 3.05) is 10.2 Å². The fourth-order valence-electron chi connectivity index (χ4n) is 4.28. The van der Waals surface area contributed by atoms with Crippen molar-refractivity contribution >= 4 is 17.3 Å². The maximum atomic E-state index is 13.5. The highest BCUT2D eigenvalue weighted by atomic mass is 16.2. The summed E-state index contributed by atoms with van der Waals surface area (Å²) in [6.45, 7) is 8.41. The first-order chi connectivity index (χ1) is 14.0. The van der Waals surface area contributed by atoms with Crippen LogP contribution in [0, 0.1) is 20.8 Å². The Kier molecular flexibility index (Phi) is 5.14. The van der Waals surface area contributed by atoms with Crippen molar-refractivity contribution in [3.05, 3.63) is 94.5 Å². The molecule has 0 fully saturated rings. The highest BCUT2D eigenvalue weighted by molar-refractivity contribution is 6.07. The lowest BCUT2D eigenvalue weighted by Gasteiger charge is -2.41. The number of hydrogen-bond acceptors (Lipinski definition) is 2. The normalized spacial score (nSPS) is 18.3. The Morgan fingerprint density at radius 3 is 2.31 bits per heavy atom. The summed E-state index contributed by atoms with van der Waals surface area (Å²) in [5.41, 5.74) is 7.64. The SMILES string of the molecule is Cc1ccc(C(=O)N2c3c(C)cccc3[C@H](Nc3ccccc3C)C[C@H]2C)cc1.